The molecule has 0 spiro atoms. The van der Waals surface area contributed by atoms with E-state index in [1.165, 1.54) is 0 Å². The van der Waals surface area contributed by atoms with Gasteiger partial charge in [-0.15, -0.1) is 12.3 Å². The largest absolute Gasteiger partial charge is 0.439 e. The Labute approximate surface area is 86.9 Å². The van der Waals surface area contributed by atoms with Gasteiger partial charge in [-0.1, -0.05) is 17.7 Å². The van der Waals surface area contributed by atoms with Crippen LogP contribution in [0.2, 0.25) is 5.02 Å². The van der Waals surface area contributed by atoms with Crippen LogP contribution in [0, 0.1) is 12.3 Å². The van der Waals surface area contributed by atoms with Gasteiger partial charge in [0.15, 0.2) is 11.5 Å². The zero-order chi connectivity index (χ0) is 9.97. The molecule has 0 aliphatic heterocycles. The van der Waals surface area contributed by atoms with E-state index in [1.807, 2.05) is 12.1 Å². The number of oxazole rings is 1. The molecule has 0 saturated carbocycles. The summed E-state index contributed by atoms with van der Waals surface area (Å²) in [7, 11) is 0. The molecule has 70 valence electrons. The monoisotopic (exact) mass is 205 g/mol. The van der Waals surface area contributed by atoms with Gasteiger partial charge in [-0.2, -0.15) is 0 Å². The van der Waals surface area contributed by atoms with E-state index < -0.39 is 0 Å². The lowest BCUT2D eigenvalue weighted by atomic mass is 10.3. The molecule has 0 radical (unpaired) electrons. The van der Waals surface area contributed by atoms with Gasteiger partial charge in [-0.25, -0.2) is 4.98 Å². The molecule has 14 heavy (non-hydrogen) atoms. The molecule has 2 rings (SSSR count). The second-order valence-electron chi connectivity index (χ2n) is 2.90. The topological polar surface area (TPSA) is 26.0 Å². The first kappa shape index (κ1) is 9.11. The van der Waals surface area contributed by atoms with Gasteiger partial charge in [0.25, 0.3) is 0 Å². The molecule has 1 heterocycles. The van der Waals surface area contributed by atoms with E-state index in [2.05, 4.69) is 10.9 Å². The van der Waals surface area contributed by atoms with Crippen molar-refractivity contribution in [3.05, 3.63) is 29.1 Å². The van der Waals surface area contributed by atoms with E-state index in [9.17, 15) is 0 Å². The Balaban J connectivity index is 2.42. The Morgan fingerprint density at radius 3 is 3.07 bits per heavy atom. The molecule has 0 saturated heterocycles. The van der Waals surface area contributed by atoms with Crippen molar-refractivity contribution in [2.24, 2.45) is 0 Å². The summed E-state index contributed by atoms with van der Waals surface area (Å²) in [6.45, 7) is 0. The van der Waals surface area contributed by atoms with Gasteiger partial charge in [0, 0.05) is 12.8 Å². The van der Waals surface area contributed by atoms with Gasteiger partial charge >= 0.3 is 0 Å². The fourth-order valence-corrected chi connectivity index (χ4v) is 1.46. The van der Waals surface area contributed by atoms with Crippen molar-refractivity contribution in [3.8, 4) is 12.3 Å². The normalized spacial score (nSPS) is 10.3. The molecule has 0 bridgehead atoms. The number of para-hydroxylation sites is 1. The average Bonchev–Trinajstić information content (AvgIpc) is 2.59. The van der Waals surface area contributed by atoms with Gasteiger partial charge in [-0.05, 0) is 12.1 Å². The summed E-state index contributed by atoms with van der Waals surface area (Å²) in [5.41, 5.74) is 1.42. The number of fused-ring (bicyclic) bond motifs is 1. The van der Waals surface area contributed by atoms with Crippen molar-refractivity contribution < 1.29 is 4.42 Å². The maximum atomic E-state index is 5.93. The second kappa shape index (κ2) is 3.73. The lowest BCUT2D eigenvalue weighted by molar-refractivity contribution is 0.531. The molecule has 0 fully saturated rings. The molecule has 1 aromatic heterocycles. The zero-order valence-electron chi connectivity index (χ0n) is 7.46. The molecule has 1 aromatic carbocycles. The maximum absolute atomic E-state index is 5.93. The van der Waals surface area contributed by atoms with Crippen LogP contribution in [0.4, 0.5) is 0 Å². The Morgan fingerprint density at radius 2 is 2.36 bits per heavy atom. The van der Waals surface area contributed by atoms with E-state index in [-0.39, 0.29) is 0 Å². The lowest BCUT2D eigenvalue weighted by Crippen LogP contribution is -1.81. The van der Waals surface area contributed by atoms with Crippen molar-refractivity contribution in [3.63, 3.8) is 0 Å². The van der Waals surface area contributed by atoms with Crippen molar-refractivity contribution in [2.45, 2.75) is 12.8 Å². The fourth-order valence-electron chi connectivity index (χ4n) is 1.25. The van der Waals surface area contributed by atoms with E-state index in [0.717, 1.165) is 5.52 Å². The zero-order valence-corrected chi connectivity index (χ0v) is 8.21. The van der Waals surface area contributed by atoms with E-state index >= 15 is 0 Å². The van der Waals surface area contributed by atoms with Crippen LogP contribution in [0.5, 0.6) is 0 Å². The number of nitrogens with zero attached hydrogens (tertiary/aromatic N) is 1. The summed E-state index contributed by atoms with van der Waals surface area (Å²) >= 11 is 5.93. The maximum Gasteiger partial charge on any atom is 0.196 e. The van der Waals surface area contributed by atoms with Crippen molar-refractivity contribution in [1.29, 1.82) is 0 Å². The van der Waals surface area contributed by atoms with Gasteiger partial charge in [0.05, 0.1) is 5.02 Å². The second-order valence-corrected chi connectivity index (χ2v) is 3.31. The van der Waals surface area contributed by atoms with Crippen LogP contribution in [0.25, 0.3) is 11.1 Å². The predicted octanol–water partition coefficient (Wildman–Crippen LogP) is 3.05. The van der Waals surface area contributed by atoms with Crippen LogP contribution in [-0.2, 0) is 6.42 Å². The summed E-state index contributed by atoms with van der Waals surface area (Å²) < 4.78 is 5.46. The number of hydrogen-bond acceptors (Lipinski definition) is 2. The highest BCUT2D eigenvalue weighted by Gasteiger charge is 2.07. The van der Waals surface area contributed by atoms with Gasteiger partial charge < -0.3 is 4.42 Å². The molecule has 3 heteroatoms. The number of benzene rings is 1. The number of aromatic nitrogens is 1. The highest BCUT2D eigenvalue weighted by atomic mass is 35.5. The van der Waals surface area contributed by atoms with Crippen LogP contribution in [0.3, 0.4) is 0 Å². The molecule has 2 nitrogen and oxygen atoms in total. The van der Waals surface area contributed by atoms with Gasteiger partial charge in [0.1, 0.15) is 5.52 Å². The molecular formula is C11H8ClNO. The number of halogens is 1. The minimum atomic E-state index is 0.585. The smallest absolute Gasteiger partial charge is 0.196 e. The fraction of sp³-hybridized carbons (Fsp3) is 0.182. The van der Waals surface area contributed by atoms with E-state index in [0.29, 0.717) is 29.3 Å². The highest BCUT2D eigenvalue weighted by molar-refractivity contribution is 6.34. The first-order chi connectivity index (χ1) is 6.81. The third-order valence-electron chi connectivity index (χ3n) is 1.89. The quantitative estimate of drug-likeness (QED) is 0.705. The van der Waals surface area contributed by atoms with Gasteiger partial charge in [0.2, 0.25) is 0 Å². The first-order valence-corrected chi connectivity index (χ1v) is 4.66. The van der Waals surface area contributed by atoms with E-state index in [4.69, 9.17) is 22.4 Å². The Morgan fingerprint density at radius 1 is 1.50 bits per heavy atom. The third kappa shape index (κ3) is 1.59. The van der Waals surface area contributed by atoms with Crippen LogP contribution in [0.15, 0.2) is 22.6 Å². The van der Waals surface area contributed by atoms with Crippen molar-refractivity contribution in [1.82, 2.24) is 4.98 Å². The minimum Gasteiger partial charge on any atom is -0.439 e. The first-order valence-electron chi connectivity index (χ1n) is 4.28. The molecule has 0 unspecified atom stereocenters. The number of terminal acetylenes is 1. The Hall–Kier alpha value is -1.46. The molecule has 0 N–H and O–H groups in total. The van der Waals surface area contributed by atoms with Crippen LogP contribution in [-0.4, -0.2) is 4.98 Å². The Bertz CT molecular complexity index is 495. The lowest BCUT2D eigenvalue weighted by Gasteiger charge is -1.88. The summed E-state index contributed by atoms with van der Waals surface area (Å²) in [5.74, 6) is 3.19. The van der Waals surface area contributed by atoms with Crippen LogP contribution >= 0.6 is 11.6 Å². The predicted molar refractivity (Wildman–Crippen MR) is 56.2 cm³/mol. The number of aryl methyl sites for hydroxylation is 1. The Kier molecular flexibility index (Phi) is 2.43. The third-order valence-corrected chi connectivity index (χ3v) is 2.19. The summed E-state index contributed by atoms with van der Waals surface area (Å²) in [6, 6.07) is 5.49. The standard InChI is InChI=1S/C11H8ClNO/c1-2-3-7-10-13-9-6-4-5-8(12)11(9)14-10/h1,4-6H,3,7H2. The van der Waals surface area contributed by atoms with Crippen molar-refractivity contribution in [2.75, 3.05) is 0 Å². The van der Waals surface area contributed by atoms with Crippen LogP contribution < -0.4 is 0 Å². The molecular weight excluding hydrogens is 198 g/mol. The van der Waals surface area contributed by atoms with E-state index in [1.54, 1.807) is 6.07 Å². The SMILES string of the molecule is C#CCCc1nc2cccc(Cl)c2o1. The minimum absolute atomic E-state index is 0.585. The molecule has 0 aliphatic carbocycles. The van der Waals surface area contributed by atoms with Crippen LogP contribution in [0.1, 0.15) is 12.3 Å². The van der Waals surface area contributed by atoms with Gasteiger partial charge in [-0.3, -0.25) is 0 Å². The summed E-state index contributed by atoms with van der Waals surface area (Å²) in [4.78, 5) is 4.26. The molecule has 0 atom stereocenters. The molecule has 2 aromatic rings. The summed E-state index contributed by atoms with van der Waals surface area (Å²) in [6.07, 6.45) is 6.44. The summed E-state index contributed by atoms with van der Waals surface area (Å²) in [5, 5.41) is 0.585. The molecule has 0 amide bonds. The average molecular weight is 206 g/mol. The molecule has 0 aliphatic rings. The number of rotatable bonds is 2. The highest BCUT2D eigenvalue weighted by Crippen LogP contribution is 2.24. The van der Waals surface area contributed by atoms with Crippen molar-refractivity contribution >= 4 is 22.7 Å². The number of hydrogen-bond donors (Lipinski definition) is 0.